The van der Waals surface area contributed by atoms with Gasteiger partial charge in [-0.25, -0.2) is 0 Å². The molecule has 3 heterocycles. The molecule has 0 radical (unpaired) electrons. The number of aromatic nitrogens is 1. The van der Waals surface area contributed by atoms with Crippen LogP contribution in [-0.2, 0) is 17.8 Å². The van der Waals surface area contributed by atoms with E-state index in [0.717, 1.165) is 31.4 Å². The Balaban J connectivity index is 1.48. The second kappa shape index (κ2) is 9.76. The number of nitrogens with zero attached hydrogens (tertiary/aromatic N) is 2. The lowest BCUT2D eigenvalue weighted by Gasteiger charge is -2.45. The highest BCUT2D eigenvalue weighted by atomic mass is 16.3. The highest BCUT2D eigenvalue weighted by Gasteiger charge is 2.48. The highest BCUT2D eigenvalue weighted by Crippen LogP contribution is 2.34. The summed E-state index contributed by atoms with van der Waals surface area (Å²) in [5, 5.41) is 3.34. The Hall–Kier alpha value is -3.28. The van der Waals surface area contributed by atoms with Crippen molar-refractivity contribution in [3.05, 3.63) is 71.6 Å². The monoisotopic (exact) mass is 473 g/mol. The zero-order chi connectivity index (χ0) is 24.4. The standard InChI is InChI=1S/C29H35N3O3/c1-21-10-7-8-11-22(21)17-18-32-27(33)25-16-15-24(26-14-9-19-35-26)31(25)20-29(32,2)28(34)30-23-12-5-3-4-6-13-23/h7-11,14-16,19,23H,3-6,12-13,17-18,20H2,1-2H3,(H,30,34)/t29-/m1/s1. The van der Waals surface area contributed by atoms with Crippen LogP contribution < -0.4 is 5.32 Å². The minimum absolute atomic E-state index is 0.0627. The first-order valence-electron chi connectivity index (χ1n) is 12.9. The number of carbonyl (C=O) groups excluding carboxylic acids is 2. The Morgan fingerprint density at radius 3 is 2.49 bits per heavy atom. The van der Waals surface area contributed by atoms with E-state index >= 15 is 0 Å². The van der Waals surface area contributed by atoms with Crippen LogP contribution >= 0.6 is 0 Å². The van der Waals surface area contributed by atoms with Crippen LogP contribution in [-0.4, -0.2) is 39.4 Å². The van der Waals surface area contributed by atoms with Gasteiger partial charge in [-0.3, -0.25) is 9.59 Å². The van der Waals surface area contributed by atoms with Crippen molar-refractivity contribution in [3.63, 3.8) is 0 Å². The molecule has 184 valence electrons. The Bertz CT molecular complexity index is 1190. The van der Waals surface area contributed by atoms with E-state index in [1.807, 2.05) is 47.9 Å². The molecule has 0 bridgehead atoms. The first-order valence-corrected chi connectivity index (χ1v) is 12.9. The van der Waals surface area contributed by atoms with Gasteiger partial charge in [-0.1, -0.05) is 49.9 Å². The van der Waals surface area contributed by atoms with Crippen molar-refractivity contribution in [2.45, 2.75) is 76.9 Å². The zero-order valence-electron chi connectivity index (χ0n) is 20.8. The summed E-state index contributed by atoms with van der Waals surface area (Å²) in [7, 11) is 0. The Kier molecular flexibility index (Phi) is 6.54. The second-order valence-electron chi connectivity index (χ2n) is 10.2. The van der Waals surface area contributed by atoms with Crippen LogP contribution in [0.4, 0.5) is 0 Å². The first-order chi connectivity index (χ1) is 17.0. The van der Waals surface area contributed by atoms with Gasteiger partial charge < -0.3 is 19.2 Å². The minimum Gasteiger partial charge on any atom is -0.463 e. The molecule has 0 unspecified atom stereocenters. The normalized spacial score (nSPS) is 21.0. The fourth-order valence-electron chi connectivity index (χ4n) is 5.65. The molecule has 35 heavy (non-hydrogen) atoms. The van der Waals surface area contributed by atoms with Crippen LogP contribution in [0.2, 0.25) is 0 Å². The van der Waals surface area contributed by atoms with E-state index < -0.39 is 5.54 Å². The van der Waals surface area contributed by atoms with E-state index in [9.17, 15) is 9.59 Å². The minimum atomic E-state index is -1.00. The predicted molar refractivity (Wildman–Crippen MR) is 136 cm³/mol. The van der Waals surface area contributed by atoms with Gasteiger partial charge in [0.2, 0.25) is 5.91 Å². The van der Waals surface area contributed by atoms with Gasteiger partial charge in [0.1, 0.15) is 17.0 Å². The molecule has 1 aliphatic heterocycles. The molecule has 1 N–H and O–H groups in total. The SMILES string of the molecule is Cc1ccccc1CCN1C(=O)c2ccc(-c3ccco3)n2C[C@]1(C)C(=O)NC1CCCCCC1. The van der Waals surface area contributed by atoms with Crippen LogP contribution in [0.3, 0.4) is 0 Å². The summed E-state index contributed by atoms with van der Waals surface area (Å²) in [5.74, 6) is 0.525. The summed E-state index contributed by atoms with van der Waals surface area (Å²) in [5.41, 5.74) is 2.82. The molecule has 2 amide bonds. The van der Waals surface area contributed by atoms with Crippen molar-refractivity contribution in [2.75, 3.05) is 6.54 Å². The smallest absolute Gasteiger partial charge is 0.271 e. The Morgan fingerprint density at radius 1 is 1.03 bits per heavy atom. The van der Waals surface area contributed by atoms with Crippen molar-refractivity contribution < 1.29 is 14.0 Å². The molecule has 1 aliphatic carbocycles. The van der Waals surface area contributed by atoms with Crippen molar-refractivity contribution in [2.24, 2.45) is 0 Å². The average Bonchev–Trinajstić information content (AvgIpc) is 3.45. The fraction of sp³-hybridized carbons (Fsp3) is 0.448. The molecular weight excluding hydrogens is 438 g/mol. The van der Waals surface area contributed by atoms with Gasteiger partial charge in [-0.2, -0.15) is 0 Å². The lowest BCUT2D eigenvalue weighted by atomic mass is 9.92. The molecule has 1 aromatic carbocycles. The van der Waals surface area contributed by atoms with Gasteiger partial charge in [0.25, 0.3) is 5.91 Å². The molecule has 1 saturated carbocycles. The number of aryl methyl sites for hydroxylation is 1. The quantitative estimate of drug-likeness (QED) is 0.491. The number of hydrogen-bond acceptors (Lipinski definition) is 3. The summed E-state index contributed by atoms with van der Waals surface area (Å²) in [6.45, 7) is 4.89. The van der Waals surface area contributed by atoms with E-state index in [1.54, 1.807) is 11.2 Å². The second-order valence-corrected chi connectivity index (χ2v) is 10.2. The largest absolute Gasteiger partial charge is 0.463 e. The third-order valence-corrected chi connectivity index (χ3v) is 7.83. The summed E-state index contributed by atoms with van der Waals surface area (Å²) in [6.07, 6.45) is 9.08. The molecular formula is C29H35N3O3. The number of nitrogens with one attached hydrogen (secondary N) is 1. The average molecular weight is 474 g/mol. The topological polar surface area (TPSA) is 67.5 Å². The molecule has 2 aromatic heterocycles. The predicted octanol–water partition coefficient (Wildman–Crippen LogP) is 5.35. The lowest BCUT2D eigenvalue weighted by molar-refractivity contribution is -0.133. The Morgan fingerprint density at radius 2 is 1.77 bits per heavy atom. The Labute approximate surface area is 207 Å². The third-order valence-electron chi connectivity index (χ3n) is 7.83. The van der Waals surface area contributed by atoms with Crippen molar-refractivity contribution >= 4 is 11.8 Å². The van der Waals surface area contributed by atoms with Crippen LogP contribution in [0.5, 0.6) is 0 Å². The zero-order valence-corrected chi connectivity index (χ0v) is 20.8. The number of benzene rings is 1. The molecule has 3 aromatic rings. The summed E-state index contributed by atoms with van der Waals surface area (Å²) >= 11 is 0. The molecule has 6 heteroatoms. The summed E-state index contributed by atoms with van der Waals surface area (Å²) < 4.78 is 7.60. The number of fused-ring (bicyclic) bond motifs is 1. The summed E-state index contributed by atoms with van der Waals surface area (Å²) in [6, 6.07) is 15.9. The molecule has 1 atom stereocenters. The van der Waals surface area contributed by atoms with Crippen LogP contribution in [0.25, 0.3) is 11.5 Å². The number of amides is 2. The molecule has 2 aliphatic rings. The number of carbonyl (C=O) groups is 2. The number of rotatable bonds is 6. The van der Waals surface area contributed by atoms with Crippen molar-refractivity contribution in [3.8, 4) is 11.5 Å². The fourth-order valence-corrected chi connectivity index (χ4v) is 5.65. The van der Waals surface area contributed by atoms with Gasteiger partial charge in [-0.15, -0.1) is 0 Å². The van der Waals surface area contributed by atoms with E-state index in [-0.39, 0.29) is 17.9 Å². The van der Waals surface area contributed by atoms with E-state index in [4.69, 9.17) is 4.42 Å². The van der Waals surface area contributed by atoms with Crippen molar-refractivity contribution in [1.29, 1.82) is 0 Å². The number of furan rings is 1. The maximum absolute atomic E-state index is 13.9. The van der Waals surface area contributed by atoms with E-state index in [0.29, 0.717) is 31.0 Å². The van der Waals surface area contributed by atoms with Crippen LogP contribution in [0.1, 0.15) is 67.1 Å². The maximum Gasteiger partial charge on any atom is 0.271 e. The molecule has 6 nitrogen and oxygen atoms in total. The first kappa shape index (κ1) is 23.5. The van der Waals surface area contributed by atoms with E-state index in [1.165, 1.54) is 24.0 Å². The van der Waals surface area contributed by atoms with Gasteiger partial charge in [0, 0.05) is 12.6 Å². The molecule has 5 rings (SSSR count). The van der Waals surface area contributed by atoms with E-state index in [2.05, 4.69) is 24.4 Å². The lowest BCUT2D eigenvalue weighted by Crippen LogP contribution is -2.65. The highest BCUT2D eigenvalue weighted by molar-refractivity contribution is 6.00. The molecule has 1 fully saturated rings. The summed E-state index contributed by atoms with van der Waals surface area (Å²) in [4.78, 5) is 29.6. The molecule has 0 saturated heterocycles. The molecule has 0 spiro atoms. The van der Waals surface area contributed by atoms with Gasteiger partial charge in [0.05, 0.1) is 18.5 Å². The maximum atomic E-state index is 13.9. The van der Waals surface area contributed by atoms with Crippen LogP contribution in [0, 0.1) is 6.92 Å². The number of hydrogen-bond donors (Lipinski definition) is 1. The van der Waals surface area contributed by atoms with Crippen LogP contribution in [0.15, 0.2) is 59.2 Å². The van der Waals surface area contributed by atoms with Gasteiger partial charge in [0.15, 0.2) is 0 Å². The third kappa shape index (κ3) is 4.54. The van der Waals surface area contributed by atoms with Gasteiger partial charge >= 0.3 is 0 Å². The van der Waals surface area contributed by atoms with Crippen molar-refractivity contribution in [1.82, 2.24) is 14.8 Å². The van der Waals surface area contributed by atoms with Gasteiger partial charge in [-0.05, 0) is 68.5 Å².